The van der Waals surface area contributed by atoms with Crippen LogP contribution in [-0.2, 0) is 10.0 Å². The first kappa shape index (κ1) is 15.6. The molecule has 0 spiro atoms. The summed E-state index contributed by atoms with van der Waals surface area (Å²) in [7, 11) is -3.52. The molecule has 2 rings (SSSR count). The number of hydrogen-bond donors (Lipinski definition) is 2. The van der Waals surface area contributed by atoms with E-state index in [4.69, 9.17) is 10.5 Å². The number of halogens is 1. The first-order valence-electron chi connectivity index (χ1n) is 6.06. The first-order chi connectivity index (χ1) is 9.96. The topological polar surface area (TPSA) is 94.3 Å². The van der Waals surface area contributed by atoms with Crippen LogP contribution in [0.15, 0.2) is 47.1 Å². The van der Waals surface area contributed by atoms with Gasteiger partial charge in [0.25, 0.3) is 0 Å². The van der Waals surface area contributed by atoms with Gasteiger partial charge in [-0.3, -0.25) is 4.72 Å². The van der Waals surface area contributed by atoms with E-state index in [1.807, 2.05) is 0 Å². The van der Waals surface area contributed by atoms with Gasteiger partial charge >= 0.3 is 0 Å². The molecule has 0 radical (unpaired) electrons. The lowest BCUT2D eigenvalue weighted by Gasteiger charge is -2.10. The van der Waals surface area contributed by atoms with Crippen molar-refractivity contribution in [2.75, 3.05) is 22.8 Å². The van der Waals surface area contributed by atoms with E-state index < -0.39 is 10.0 Å². The summed E-state index contributed by atoms with van der Waals surface area (Å²) in [5.74, 6) is 0.533. The number of pyridine rings is 1. The zero-order chi connectivity index (χ0) is 15.3. The van der Waals surface area contributed by atoms with E-state index in [0.29, 0.717) is 11.4 Å². The Kier molecular flexibility index (Phi) is 5.03. The van der Waals surface area contributed by atoms with Gasteiger partial charge in [0, 0.05) is 10.7 Å². The SMILES string of the molecule is Nc1ccccc1OCCS(=O)(=O)Nc1ccc(Br)cn1. The lowest BCUT2D eigenvalue weighted by atomic mass is 10.3. The van der Waals surface area contributed by atoms with E-state index >= 15 is 0 Å². The molecule has 0 unspecified atom stereocenters. The molecule has 3 N–H and O–H groups in total. The van der Waals surface area contributed by atoms with Crippen LogP contribution in [0.4, 0.5) is 11.5 Å². The van der Waals surface area contributed by atoms with Gasteiger partial charge in [0.05, 0.1) is 5.69 Å². The molecule has 0 atom stereocenters. The van der Waals surface area contributed by atoms with Gasteiger partial charge in [-0.25, -0.2) is 13.4 Å². The van der Waals surface area contributed by atoms with Crippen LogP contribution >= 0.6 is 15.9 Å². The lowest BCUT2D eigenvalue weighted by molar-refractivity contribution is 0.343. The average Bonchev–Trinajstić information content (AvgIpc) is 2.43. The molecular formula is C13H14BrN3O3S. The van der Waals surface area contributed by atoms with E-state index in [1.165, 1.54) is 6.20 Å². The molecule has 112 valence electrons. The second-order valence-corrected chi connectivity index (χ2v) is 6.93. The van der Waals surface area contributed by atoms with Crippen LogP contribution in [0.1, 0.15) is 0 Å². The molecule has 0 saturated carbocycles. The lowest BCUT2D eigenvalue weighted by Crippen LogP contribution is -2.22. The highest BCUT2D eigenvalue weighted by molar-refractivity contribution is 9.10. The zero-order valence-electron chi connectivity index (χ0n) is 11.0. The molecule has 0 aliphatic rings. The summed E-state index contributed by atoms with van der Waals surface area (Å²) in [6.45, 7) is 0.0000741. The van der Waals surface area contributed by atoms with Crippen LogP contribution < -0.4 is 15.2 Å². The molecule has 0 aliphatic carbocycles. The molecule has 2 aromatic rings. The van der Waals surface area contributed by atoms with Gasteiger partial charge in [0.1, 0.15) is 23.9 Å². The normalized spacial score (nSPS) is 11.1. The predicted octanol–water partition coefficient (Wildman–Crippen LogP) is 2.25. The Hall–Kier alpha value is -1.80. The number of aromatic nitrogens is 1. The van der Waals surface area contributed by atoms with Gasteiger partial charge in [-0.05, 0) is 40.2 Å². The third-order valence-corrected chi connectivity index (χ3v) is 4.21. The minimum Gasteiger partial charge on any atom is -0.490 e. The number of hydrogen-bond acceptors (Lipinski definition) is 5. The van der Waals surface area contributed by atoms with Crippen LogP contribution in [0.2, 0.25) is 0 Å². The molecule has 8 heteroatoms. The second kappa shape index (κ2) is 6.77. The van der Waals surface area contributed by atoms with Gasteiger partial charge in [-0.1, -0.05) is 12.1 Å². The highest BCUT2D eigenvalue weighted by atomic mass is 79.9. The number of anilines is 2. The molecular weight excluding hydrogens is 358 g/mol. The van der Waals surface area contributed by atoms with Gasteiger partial charge < -0.3 is 10.5 Å². The predicted molar refractivity (Wildman–Crippen MR) is 85.7 cm³/mol. The molecule has 1 aromatic carbocycles. The van der Waals surface area contributed by atoms with Crippen molar-refractivity contribution >= 4 is 37.5 Å². The van der Waals surface area contributed by atoms with E-state index in [1.54, 1.807) is 36.4 Å². The van der Waals surface area contributed by atoms with Crippen molar-refractivity contribution < 1.29 is 13.2 Å². The number of para-hydroxylation sites is 2. The summed E-state index contributed by atoms with van der Waals surface area (Å²) in [6, 6.07) is 10.2. The third-order valence-electron chi connectivity index (χ3n) is 2.52. The highest BCUT2D eigenvalue weighted by Gasteiger charge is 2.12. The number of rotatable bonds is 6. The number of benzene rings is 1. The van der Waals surface area contributed by atoms with Crippen molar-refractivity contribution in [2.45, 2.75) is 0 Å². The number of nitrogen functional groups attached to an aromatic ring is 1. The van der Waals surface area contributed by atoms with Crippen molar-refractivity contribution in [2.24, 2.45) is 0 Å². The van der Waals surface area contributed by atoms with Crippen LogP contribution in [0, 0.1) is 0 Å². The van der Waals surface area contributed by atoms with E-state index in [0.717, 1.165) is 4.47 Å². The van der Waals surface area contributed by atoms with Crippen LogP contribution in [-0.4, -0.2) is 25.8 Å². The largest absolute Gasteiger partial charge is 0.490 e. The number of sulfonamides is 1. The number of nitrogens with two attached hydrogens (primary N) is 1. The van der Waals surface area contributed by atoms with Crippen molar-refractivity contribution in [3.05, 3.63) is 47.1 Å². The van der Waals surface area contributed by atoms with Crippen LogP contribution in [0.3, 0.4) is 0 Å². The molecule has 21 heavy (non-hydrogen) atoms. The number of ether oxygens (including phenoxy) is 1. The fraction of sp³-hybridized carbons (Fsp3) is 0.154. The molecule has 0 bridgehead atoms. The molecule has 6 nitrogen and oxygen atoms in total. The number of nitrogens with one attached hydrogen (secondary N) is 1. The Morgan fingerprint density at radius 3 is 2.67 bits per heavy atom. The molecule has 0 fully saturated rings. The highest BCUT2D eigenvalue weighted by Crippen LogP contribution is 2.19. The summed E-state index contributed by atoms with van der Waals surface area (Å²) in [5.41, 5.74) is 6.17. The smallest absolute Gasteiger partial charge is 0.237 e. The van der Waals surface area contributed by atoms with Gasteiger partial charge in [-0.2, -0.15) is 0 Å². The summed E-state index contributed by atoms with van der Waals surface area (Å²) < 4.78 is 32.3. The van der Waals surface area contributed by atoms with E-state index in [2.05, 4.69) is 25.6 Å². The zero-order valence-corrected chi connectivity index (χ0v) is 13.4. The van der Waals surface area contributed by atoms with E-state index in [-0.39, 0.29) is 18.2 Å². The summed E-state index contributed by atoms with van der Waals surface area (Å²) in [5, 5.41) is 0. The summed E-state index contributed by atoms with van der Waals surface area (Å²) in [6.07, 6.45) is 1.51. The van der Waals surface area contributed by atoms with Crippen molar-refractivity contribution in [1.82, 2.24) is 4.98 Å². The van der Waals surface area contributed by atoms with Crippen molar-refractivity contribution in [1.29, 1.82) is 0 Å². The van der Waals surface area contributed by atoms with Gasteiger partial charge in [0.15, 0.2) is 0 Å². The average molecular weight is 372 g/mol. The number of nitrogens with zero attached hydrogens (tertiary/aromatic N) is 1. The fourth-order valence-electron chi connectivity index (χ4n) is 1.52. The molecule has 1 heterocycles. The van der Waals surface area contributed by atoms with Gasteiger partial charge in [0.2, 0.25) is 10.0 Å². The maximum absolute atomic E-state index is 11.9. The summed E-state index contributed by atoms with van der Waals surface area (Å²) >= 11 is 3.23. The molecule has 0 aliphatic heterocycles. The Balaban J connectivity index is 1.90. The molecule has 1 aromatic heterocycles. The minimum absolute atomic E-state index is 0.0000741. The Morgan fingerprint density at radius 2 is 2.00 bits per heavy atom. The molecule has 0 amide bonds. The Bertz CT molecular complexity index is 705. The van der Waals surface area contributed by atoms with Crippen LogP contribution in [0.25, 0.3) is 0 Å². The maximum atomic E-state index is 11.9. The van der Waals surface area contributed by atoms with E-state index in [9.17, 15) is 8.42 Å². The summed E-state index contributed by atoms with van der Waals surface area (Å²) in [4.78, 5) is 3.95. The Labute approximate surface area is 131 Å². The maximum Gasteiger partial charge on any atom is 0.237 e. The van der Waals surface area contributed by atoms with Gasteiger partial charge in [-0.15, -0.1) is 0 Å². The van der Waals surface area contributed by atoms with Crippen LogP contribution in [0.5, 0.6) is 5.75 Å². The van der Waals surface area contributed by atoms with Crippen molar-refractivity contribution in [3.63, 3.8) is 0 Å². The third kappa shape index (κ3) is 4.91. The molecule has 0 saturated heterocycles. The Morgan fingerprint density at radius 1 is 1.24 bits per heavy atom. The second-order valence-electron chi connectivity index (χ2n) is 4.17. The first-order valence-corrected chi connectivity index (χ1v) is 8.50. The quantitative estimate of drug-likeness (QED) is 0.759. The monoisotopic (exact) mass is 371 g/mol. The van der Waals surface area contributed by atoms with Crippen molar-refractivity contribution in [3.8, 4) is 5.75 Å². The minimum atomic E-state index is -3.52. The standard InChI is InChI=1S/C13H14BrN3O3S/c14-10-5-6-13(16-9-10)17-21(18,19)8-7-20-12-4-2-1-3-11(12)15/h1-6,9H,7-8,15H2,(H,16,17). The fourth-order valence-corrected chi connectivity index (χ4v) is 2.60.